The Hall–Kier alpha value is -3.06. The fourth-order valence-corrected chi connectivity index (χ4v) is 2.11. The van der Waals surface area contributed by atoms with E-state index in [9.17, 15) is 9.59 Å². The number of rotatable bonds is 9. The van der Waals surface area contributed by atoms with Crippen molar-refractivity contribution in [2.24, 2.45) is 5.10 Å². The first-order valence-corrected chi connectivity index (χ1v) is 8.93. The van der Waals surface area contributed by atoms with E-state index in [1.165, 1.54) is 6.21 Å². The molecule has 0 saturated heterocycles. The van der Waals surface area contributed by atoms with Crippen LogP contribution in [0.15, 0.2) is 53.6 Å². The van der Waals surface area contributed by atoms with Crippen LogP contribution in [0.5, 0.6) is 11.5 Å². The summed E-state index contributed by atoms with van der Waals surface area (Å²) in [5, 5.41) is 4.45. The van der Waals surface area contributed by atoms with Crippen molar-refractivity contribution in [2.45, 2.75) is 20.0 Å². The minimum absolute atomic E-state index is 0.157. The molecule has 0 spiro atoms. The molecule has 1 amide bonds. The fraction of sp³-hybridized carbons (Fsp3) is 0.250. The van der Waals surface area contributed by atoms with Crippen LogP contribution in [0.25, 0.3) is 0 Å². The van der Waals surface area contributed by atoms with Gasteiger partial charge in [0.25, 0.3) is 5.91 Å². The van der Waals surface area contributed by atoms with Gasteiger partial charge in [-0.05, 0) is 67.9 Å². The molecule has 7 nitrogen and oxygen atoms in total. The normalized spacial score (nSPS) is 10.7. The number of hydrogen-bond donors (Lipinski definition) is 1. The standard InChI is InChI=1S/C20H21ClN2O5/c1-14(2)28-20(25)13-27-17-7-3-15(4-8-17)11-22-23-19(24)12-26-18-9-5-16(21)6-10-18/h3-11,14H,12-13H2,1-2H3,(H,23,24). The van der Waals surface area contributed by atoms with Gasteiger partial charge in [-0.15, -0.1) is 0 Å². The quantitative estimate of drug-likeness (QED) is 0.394. The summed E-state index contributed by atoms with van der Waals surface area (Å²) in [6.45, 7) is 3.22. The Morgan fingerprint density at radius 2 is 1.57 bits per heavy atom. The summed E-state index contributed by atoms with van der Waals surface area (Å²) >= 11 is 5.78. The molecule has 0 bridgehead atoms. The Morgan fingerprint density at radius 3 is 2.18 bits per heavy atom. The second-order valence-corrected chi connectivity index (χ2v) is 6.37. The first-order valence-electron chi connectivity index (χ1n) is 8.55. The van der Waals surface area contributed by atoms with Crippen molar-refractivity contribution in [3.63, 3.8) is 0 Å². The molecular formula is C20H21ClN2O5. The maximum Gasteiger partial charge on any atom is 0.344 e. The second-order valence-electron chi connectivity index (χ2n) is 5.93. The van der Waals surface area contributed by atoms with Gasteiger partial charge in [0.1, 0.15) is 11.5 Å². The molecule has 0 fully saturated rings. The number of nitrogens with one attached hydrogen (secondary N) is 1. The van der Waals surface area contributed by atoms with E-state index in [0.29, 0.717) is 16.5 Å². The number of carbonyl (C=O) groups is 2. The summed E-state index contributed by atoms with van der Waals surface area (Å²) in [5.41, 5.74) is 3.12. The molecular weight excluding hydrogens is 384 g/mol. The van der Waals surface area contributed by atoms with Crippen LogP contribution in [-0.4, -0.2) is 37.4 Å². The molecule has 0 heterocycles. The lowest BCUT2D eigenvalue weighted by Crippen LogP contribution is -2.24. The van der Waals surface area contributed by atoms with Crippen LogP contribution in [0, 0.1) is 0 Å². The predicted molar refractivity (Wildman–Crippen MR) is 106 cm³/mol. The number of ether oxygens (including phenoxy) is 3. The fourth-order valence-electron chi connectivity index (χ4n) is 1.98. The highest BCUT2D eigenvalue weighted by atomic mass is 35.5. The smallest absolute Gasteiger partial charge is 0.344 e. The average molecular weight is 405 g/mol. The predicted octanol–water partition coefficient (Wildman–Crippen LogP) is 3.20. The van der Waals surface area contributed by atoms with Gasteiger partial charge in [0, 0.05) is 5.02 Å². The lowest BCUT2D eigenvalue weighted by molar-refractivity contribution is -0.149. The molecule has 0 aliphatic rings. The van der Waals surface area contributed by atoms with Crippen molar-refractivity contribution in [3.8, 4) is 11.5 Å². The van der Waals surface area contributed by atoms with Crippen LogP contribution < -0.4 is 14.9 Å². The number of nitrogens with zero attached hydrogens (tertiary/aromatic N) is 1. The molecule has 0 radical (unpaired) electrons. The second kappa shape index (κ2) is 10.9. The molecule has 0 aliphatic heterocycles. The summed E-state index contributed by atoms with van der Waals surface area (Å²) in [7, 11) is 0. The highest BCUT2D eigenvalue weighted by molar-refractivity contribution is 6.30. The van der Waals surface area contributed by atoms with E-state index in [0.717, 1.165) is 5.56 Å². The highest BCUT2D eigenvalue weighted by Gasteiger charge is 2.06. The molecule has 8 heteroatoms. The minimum atomic E-state index is -0.427. The van der Waals surface area contributed by atoms with E-state index in [-0.39, 0.29) is 19.3 Å². The topological polar surface area (TPSA) is 86.2 Å². The first kappa shape index (κ1) is 21.2. The van der Waals surface area contributed by atoms with Crippen LogP contribution in [0.2, 0.25) is 5.02 Å². The lowest BCUT2D eigenvalue weighted by Gasteiger charge is -2.09. The maximum absolute atomic E-state index is 11.7. The van der Waals surface area contributed by atoms with Gasteiger partial charge < -0.3 is 14.2 Å². The molecule has 148 valence electrons. The molecule has 0 aliphatic carbocycles. The Bertz CT molecular complexity index is 804. The maximum atomic E-state index is 11.7. The Balaban J connectivity index is 1.72. The van der Waals surface area contributed by atoms with E-state index in [2.05, 4.69) is 10.5 Å². The van der Waals surface area contributed by atoms with E-state index in [1.807, 2.05) is 0 Å². The van der Waals surface area contributed by atoms with Gasteiger partial charge in [-0.25, -0.2) is 10.2 Å². The van der Waals surface area contributed by atoms with Gasteiger partial charge in [-0.1, -0.05) is 11.6 Å². The SMILES string of the molecule is CC(C)OC(=O)COc1ccc(C=NNC(=O)COc2ccc(Cl)cc2)cc1. The first-order chi connectivity index (χ1) is 13.4. The van der Waals surface area contributed by atoms with Crippen LogP contribution >= 0.6 is 11.6 Å². The van der Waals surface area contributed by atoms with Gasteiger partial charge in [0.2, 0.25) is 0 Å². The monoisotopic (exact) mass is 404 g/mol. The van der Waals surface area contributed by atoms with Crippen molar-refractivity contribution in [1.82, 2.24) is 5.43 Å². The van der Waals surface area contributed by atoms with Gasteiger partial charge in [-0.3, -0.25) is 4.79 Å². The number of amides is 1. The van der Waals surface area contributed by atoms with Crippen LogP contribution in [0.1, 0.15) is 19.4 Å². The number of hydrogen-bond acceptors (Lipinski definition) is 6. The third-order valence-corrected chi connectivity index (χ3v) is 3.44. The number of benzene rings is 2. The van der Waals surface area contributed by atoms with Crippen molar-refractivity contribution in [3.05, 3.63) is 59.1 Å². The molecule has 2 aromatic rings. The average Bonchev–Trinajstić information content (AvgIpc) is 2.66. The number of halogens is 1. The molecule has 0 atom stereocenters. The zero-order valence-electron chi connectivity index (χ0n) is 15.6. The molecule has 0 unspecified atom stereocenters. The highest BCUT2D eigenvalue weighted by Crippen LogP contribution is 2.15. The number of esters is 1. The molecule has 2 aromatic carbocycles. The zero-order chi connectivity index (χ0) is 20.4. The third-order valence-electron chi connectivity index (χ3n) is 3.19. The summed E-state index contributed by atoms with van der Waals surface area (Å²) in [6.07, 6.45) is 1.30. The van der Waals surface area contributed by atoms with E-state index < -0.39 is 11.9 Å². The summed E-state index contributed by atoms with van der Waals surface area (Å²) in [5.74, 6) is 0.244. The van der Waals surface area contributed by atoms with Gasteiger partial charge in [0.15, 0.2) is 13.2 Å². The Kier molecular flexibility index (Phi) is 8.30. The van der Waals surface area contributed by atoms with Crippen molar-refractivity contribution in [2.75, 3.05) is 13.2 Å². The van der Waals surface area contributed by atoms with Gasteiger partial charge >= 0.3 is 5.97 Å². The van der Waals surface area contributed by atoms with Crippen LogP contribution in [0.3, 0.4) is 0 Å². The largest absolute Gasteiger partial charge is 0.484 e. The zero-order valence-corrected chi connectivity index (χ0v) is 16.3. The van der Waals surface area contributed by atoms with Crippen LogP contribution in [0.4, 0.5) is 0 Å². The van der Waals surface area contributed by atoms with Crippen molar-refractivity contribution < 1.29 is 23.8 Å². The van der Waals surface area contributed by atoms with Crippen molar-refractivity contribution in [1.29, 1.82) is 0 Å². The molecule has 28 heavy (non-hydrogen) atoms. The third kappa shape index (κ3) is 8.09. The summed E-state index contributed by atoms with van der Waals surface area (Å²) in [6, 6.07) is 13.5. The Labute approximate surface area is 168 Å². The van der Waals surface area contributed by atoms with E-state index in [4.69, 9.17) is 25.8 Å². The Morgan fingerprint density at radius 1 is 1.00 bits per heavy atom. The summed E-state index contributed by atoms with van der Waals surface area (Å²) < 4.78 is 15.6. The summed E-state index contributed by atoms with van der Waals surface area (Å²) in [4.78, 5) is 23.1. The van der Waals surface area contributed by atoms with Gasteiger partial charge in [-0.2, -0.15) is 5.10 Å². The molecule has 0 saturated carbocycles. The van der Waals surface area contributed by atoms with Crippen LogP contribution in [-0.2, 0) is 14.3 Å². The van der Waals surface area contributed by atoms with Crippen molar-refractivity contribution >= 4 is 29.7 Å². The molecule has 1 N–H and O–H groups in total. The molecule has 2 rings (SSSR count). The van der Waals surface area contributed by atoms with E-state index >= 15 is 0 Å². The number of carbonyl (C=O) groups excluding carboxylic acids is 2. The number of hydrazone groups is 1. The molecule has 0 aromatic heterocycles. The van der Waals surface area contributed by atoms with E-state index in [1.54, 1.807) is 62.4 Å². The van der Waals surface area contributed by atoms with Gasteiger partial charge in [0.05, 0.1) is 12.3 Å². The lowest BCUT2D eigenvalue weighted by atomic mass is 10.2. The minimum Gasteiger partial charge on any atom is -0.484 e.